The summed E-state index contributed by atoms with van der Waals surface area (Å²) in [6.45, 7) is 2.74. The molecule has 0 radical (unpaired) electrons. The number of nitrogens with one attached hydrogen (secondary N) is 2. The zero-order valence-corrected chi connectivity index (χ0v) is 8.78. The standard InChI is InChI=1S/C10H20F2N2/c1-13-6-7-14-8-9-2-4-10(11,12)5-3-9/h9,13-14H,2-8H2,1H3. The lowest BCUT2D eigenvalue weighted by Crippen LogP contribution is -2.33. The van der Waals surface area contributed by atoms with E-state index in [1.54, 1.807) is 0 Å². The van der Waals surface area contributed by atoms with Gasteiger partial charge >= 0.3 is 0 Å². The second-order valence-electron chi connectivity index (χ2n) is 4.11. The highest BCUT2D eigenvalue weighted by Crippen LogP contribution is 2.35. The van der Waals surface area contributed by atoms with Crippen LogP contribution in [0, 0.1) is 5.92 Å². The molecule has 0 aromatic carbocycles. The SMILES string of the molecule is CNCCNCC1CCC(F)(F)CC1. The summed E-state index contributed by atoms with van der Waals surface area (Å²) in [6, 6.07) is 0. The molecule has 0 saturated heterocycles. The molecule has 0 aromatic heterocycles. The predicted molar refractivity (Wildman–Crippen MR) is 53.7 cm³/mol. The first kappa shape index (κ1) is 11.9. The lowest BCUT2D eigenvalue weighted by Gasteiger charge is -2.28. The van der Waals surface area contributed by atoms with Gasteiger partial charge < -0.3 is 10.6 Å². The van der Waals surface area contributed by atoms with Crippen molar-refractivity contribution in [1.29, 1.82) is 0 Å². The molecule has 0 amide bonds. The van der Waals surface area contributed by atoms with Crippen molar-refractivity contribution >= 4 is 0 Å². The Kier molecular flexibility index (Phi) is 4.75. The van der Waals surface area contributed by atoms with Crippen molar-refractivity contribution in [3.8, 4) is 0 Å². The van der Waals surface area contributed by atoms with Gasteiger partial charge in [0.2, 0.25) is 5.92 Å². The molecule has 2 N–H and O–H groups in total. The molecule has 0 aliphatic heterocycles. The largest absolute Gasteiger partial charge is 0.318 e. The van der Waals surface area contributed by atoms with Crippen LogP contribution in [-0.4, -0.2) is 32.6 Å². The van der Waals surface area contributed by atoms with E-state index in [0.29, 0.717) is 18.8 Å². The molecule has 0 unspecified atom stereocenters. The summed E-state index contributed by atoms with van der Waals surface area (Å²) in [5.41, 5.74) is 0. The van der Waals surface area contributed by atoms with Gasteiger partial charge in [-0.05, 0) is 32.4 Å². The molecule has 1 fully saturated rings. The van der Waals surface area contributed by atoms with Crippen LogP contribution in [0.4, 0.5) is 8.78 Å². The monoisotopic (exact) mass is 206 g/mol. The molecule has 84 valence electrons. The summed E-state index contributed by atoms with van der Waals surface area (Å²) in [6.07, 6.45) is 1.48. The topological polar surface area (TPSA) is 24.1 Å². The minimum Gasteiger partial charge on any atom is -0.318 e. The number of halogens is 2. The Morgan fingerprint density at radius 3 is 2.43 bits per heavy atom. The third-order valence-electron chi connectivity index (χ3n) is 2.82. The van der Waals surface area contributed by atoms with Crippen LogP contribution < -0.4 is 10.6 Å². The Morgan fingerprint density at radius 2 is 1.86 bits per heavy atom. The minimum absolute atomic E-state index is 0.0748. The summed E-state index contributed by atoms with van der Waals surface area (Å²) in [4.78, 5) is 0. The van der Waals surface area contributed by atoms with Crippen LogP contribution in [0.25, 0.3) is 0 Å². The van der Waals surface area contributed by atoms with E-state index in [0.717, 1.165) is 19.6 Å². The normalized spacial score (nSPS) is 22.5. The zero-order valence-electron chi connectivity index (χ0n) is 8.78. The molecule has 1 aliphatic carbocycles. The molecule has 1 aliphatic rings. The molecule has 0 aromatic rings. The summed E-state index contributed by atoms with van der Waals surface area (Å²) in [7, 11) is 1.91. The molecule has 2 nitrogen and oxygen atoms in total. The highest BCUT2D eigenvalue weighted by Gasteiger charge is 2.34. The Hall–Kier alpha value is -0.220. The predicted octanol–water partition coefficient (Wildman–Crippen LogP) is 1.62. The second-order valence-corrected chi connectivity index (χ2v) is 4.11. The van der Waals surface area contributed by atoms with Gasteiger partial charge in [-0.3, -0.25) is 0 Å². The van der Waals surface area contributed by atoms with E-state index in [-0.39, 0.29) is 12.8 Å². The third-order valence-corrected chi connectivity index (χ3v) is 2.82. The van der Waals surface area contributed by atoms with Crippen molar-refractivity contribution in [3.05, 3.63) is 0 Å². The van der Waals surface area contributed by atoms with Crippen molar-refractivity contribution in [2.45, 2.75) is 31.6 Å². The van der Waals surface area contributed by atoms with Crippen molar-refractivity contribution in [2.24, 2.45) is 5.92 Å². The quantitative estimate of drug-likeness (QED) is 0.668. The van der Waals surface area contributed by atoms with Crippen LogP contribution in [0.15, 0.2) is 0 Å². The van der Waals surface area contributed by atoms with Crippen molar-refractivity contribution in [2.75, 3.05) is 26.7 Å². The number of rotatable bonds is 5. The average molecular weight is 206 g/mol. The molecular formula is C10H20F2N2. The molecule has 0 spiro atoms. The molecule has 0 heterocycles. The van der Waals surface area contributed by atoms with E-state index in [4.69, 9.17) is 0 Å². The van der Waals surface area contributed by atoms with Gasteiger partial charge in [-0.15, -0.1) is 0 Å². The van der Waals surface area contributed by atoms with Gasteiger partial charge in [0, 0.05) is 25.9 Å². The van der Waals surface area contributed by atoms with E-state index in [9.17, 15) is 8.78 Å². The van der Waals surface area contributed by atoms with Crippen LogP contribution in [0.3, 0.4) is 0 Å². The molecular weight excluding hydrogens is 186 g/mol. The number of hydrogen-bond acceptors (Lipinski definition) is 2. The van der Waals surface area contributed by atoms with Gasteiger partial charge in [0.15, 0.2) is 0 Å². The van der Waals surface area contributed by atoms with Crippen LogP contribution in [-0.2, 0) is 0 Å². The Balaban J connectivity index is 2.04. The Labute approximate surface area is 84.4 Å². The zero-order chi connectivity index (χ0) is 10.4. The fraction of sp³-hybridized carbons (Fsp3) is 1.00. The third kappa shape index (κ3) is 4.33. The lowest BCUT2D eigenvalue weighted by atomic mass is 9.87. The van der Waals surface area contributed by atoms with Gasteiger partial charge in [-0.1, -0.05) is 0 Å². The maximum Gasteiger partial charge on any atom is 0.248 e. The molecule has 0 bridgehead atoms. The molecule has 4 heteroatoms. The molecule has 1 rings (SSSR count). The van der Waals surface area contributed by atoms with Crippen LogP contribution in [0.1, 0.15) is 25.7 Å². The highest BCUT2D eigenvalue weighted by molar-refractivity contribution is 4.78. The van der Waals surface area contributed by atoms with Crippen molar-refractivity contribution < 1.29 is 8.78 Å². The van der Waals surface area contributed by atoms with Crippen LogP contribution in [0.5, 0.6) is 0 Å². The van der Waals surface area contributed by atoms with Gasteiger partial charge in [-0.2, -0.15) is 0 Å². The smallest absolute Gasteiger partial charge is 0.248 e. The Morgan fingerprint density at radius 1 is 1.21 bits per heavy atom. The second kappa shape index (κ2) is 5.61. The maximum absolute atomic E-state index is 12.8. The van der Waals surface area contributed by atoms with Gasteiger partial charge in [-0.25, -0.2) is 8.78 Å². The summed E-state index contributed by atoms with van der Waals surface area (Å²) >= 11 is 0. The number of alkyl halides is 2. The summed E-state index contributed by atoms with van der Waals surface area (Å²) < 4.78 is 25.6. The van der Waals surface area contributed by atoms with Gasteiger partial charge in [0.05, 0.1) is 0 Å². The van der Waals surface area contributed by atoms with E-state index >= 15 is 0 Å². The van der Waals surface area contributed by atoms with E-state index in [2.05, 4.69) is 10.6 Å². The van der Waals surface area contributed by atoms with Crippen molar-refractivity contribution in [1.82, 2.24) is 10.6 Å². The summed E-state index contributed by atoms with van der Waals surface area (Å²) in [5.74, 6) is -1.94. The van der Waals surface area contributed by atoms with Gasteiger partial charge in [0.1, 0.15) is 0 Å². The summed E-state index contributed by atoms with van der Waals surface area (Å²) in [5, 5.41) is 6.31. The Bertz CT molecular complexity index is 152. The van der Waals surface area contributed by atoms with Crippen LogP contribution >= 0.6 is 0 Å². The first-order valence-electron chi connectivity index (χ1n) is 5.37. The molecule has 1 saturated carbocycles. The fourth-order valence-corrected chi connectivity index (χ4v) is 1.82. The molecule has 14 heavy (non-hydrogen) atoms. The number of hydrogen-bond donors (Lipinski definition) is 2. The van der Waals surface area contributed by atoms with E-state index in [1.165, 1.54) is 0 Å². The first-order chi connectivity index (χ1) is 6.64. The highest BCUT2D eigenvalue weighted by atomic mass is 19.3. The fourth-order valence-electron chi connectivity index (χ4n) is 1.82. The lowest BCUT2D eigenvalue weighted by molar-refractivity contribution is -0.0454. The molecule has 0 atom stereocenters. The van der Waals surface area contributed by atoms with Gasteiger partial charge in [0.25, 0.3) is 0 Å². The maximum atomic E-state index is 12.8. The van der Waals surface area contributed by atoms with Crippen LogP contribution in [0.2, 0.25) is 0 Å². The van der Waals surface area contributed by atoms with E-state index in [1.807, 2.05) is 7.05 Å². The minimum atomic E-state index is -2.39. The van der Waals surface area contributed by atoms with E-state index < -0.39 is 5.92 Å². The average Bonchev–Trinajstić information content (AvgIpc) is 2.15. The number of likely N-dealkylation sites (N-methyl/N-ethyl adjacent to an activating group) is 1. The van der Waals surface area contributed by atoms with Crippen molar-refractivity contribution in [3.63, 3.8) is 0 Å². The first-order valence-corrected chi connectivity index (χ1v) is 5.37.